The third-order valence-electron chi connectivity index (χ3n) is 17.3. The average Bonchev–Trinajstić information content (AvgIpc) is 0.816. The van der Waals surface area contributed by atoms with Gasteiger partial charge in [0.25, 0.3) is 0 Å². The van der Waals surface area contributed by atoms with E-state index in [4.69, 9.17) is 0 Å². The van der Waals surface area contributed by atoms with E-state index in [0.29, 0.717) is 14.7 Å². The van der Waals surface area contributed by atoms with E-state index in [2.05, 4.69) is 0 Å². The minimum atomic E-state index is -4.45. The minimum Gasteiger partial charge on any atom is -0.207 e. The highest BCUT2D eigenvalue weighted by atomic mass is 32.2. The topological polar surface area (TPSA) is 0 Å². The van der Waals surface area contributed by atoms with Crippen molar-refractivity contribution in [3.8, 4) is 0 Å². The maximum Gasteiger partial charge on any atom is 0.416 e. The fraction of sp³-hybridized carbons (Fsp3) is 0.0625. The van der Waals surface area contributed by atoms with Gasteiger partial charge >= 0.3 is 24.7 Å². The maximum absolute atomic E-state index is 13.2. The SMILES string of the molecule is Cc1ccc([S+](c2ccc(C(F)(F)F)cc2)c2ccc(C(F)(F)F)cc2)cc1.Cc1ccc([S+](c2ccccc2)c2ccc(C(F)(F)F)cc2)cc1.FC(F)(F)c1cccc([S+](c2ccccc2)c2ccccc2)c1.Fc1ccc([S+](c2ccc(F)cc2)c2ccc(F)cc2)cc1.Fc1ccc([S+](c2ccccc2)c2ccc(F)cc2)cc1. The summed E-state index contributed by atoms with van der Waals surface area (Å²) in [7, 11) is -2.72. The first-order valence-corrected chi connectivity index (χ1v) is 42.1. The number of hydrogen-bond acceptors (Lipinski definition) is 0. The van der Waals surface area contributed by atoms with Gasteiger partial charge in [-0.3, -0.25) is 0 Å². The third kappa shape index (κ3) is 24.5. The highest BCUT2D eigenvalue weighted by Crippen LogP contribution is 2.41. The van der Waals surface area contributed by atoms with E-state index in [0.717, 1.165) is 112 Å². The largest absolute Gasteiger partial charge is 0.416 e. The Morgan fingerprint density at radius 3 is 0.492 bits per heavy atom. The lowest BCUT2D eigenvalue weighted by Gasteiger charge is -2.11. The summed E-state index contributed by atoms with van der Waals surface area (Å²) in [5.41, 5.74) is -0.603. The lowest BCUT2D eigenvalue weighted by molar-refractivity contribution is -0.138. The number of benzene rings is 15. The second kappa shape index (κ2) is 40.3. The second-order valence-corrected chi connectivity index (χ2v) is 35.9. The third-order valence-corrected chi connectivity index (χ3v) is 28.5. The molecule has 0 N–H and O–H groups in total. The van der Waals surface area contributed by atoms with Gasteiger partial charge in [0.2, 0.25) is 0 Å². The van der Waals surface area contributed by atoms with Crippen molar-refractivity contribution in [3.63, 3.8) is 0 Å². The number of hydrogen-bond donors (Lipinski definition) is 0. The van der Waals surface area contributed by atoms with Crippen molar-refractivity contribution in [3.05, 3.63) is 451 Å². The van der Waals surface area contributed by atoms with Crippen molar-refractivity contribution in [2.75, 3.05) is 0 Å². The summed E-state index contributed by atoms with van der Waals surface area (Å²) in [6.45, 7) is 3.92. The van der Waals surface area contributed by atoms with Gasteiger partial charge in [-0.05, 0) is 293 Å². The van der Waals surface area contributed by atoms with Crippen molar-refractivity contribution >= 4 is 54.5 Å². The Kier molecular flexibility index (Phi) is 30.0. The van der Waals surface area contributed by atoms with Crippen LogP contribution in [0.25, 0.3) is 0 Å². The normalized spacial score (nSPS) is 11.8. The molecule has 0 aliphatic heterocycles. The van der Waals surface area contributed by atoms with Gasteiger partial charge in [-0.15, -0.1) is 0 Å². The van der Waals surface area contributed by atoms with Crippen LogP contribution in [0.2, 0.25) is 0 Å². The van der Waals surface area contributed by atoms with E-state index in [1.165, 1.54) is 97.1 Å². The lowest BCUT2D eigenvalue weighted by Crippen LogP contribution is -2.09. The highest BCUT2D eigenvalue weighted by molar-refractivity contribution is 7.98. The van der Waals surface area contributed by atoms with Gasteiger partial charge in [-0.2, -0.15) is 52.7 Å². The molecule has 15 rings (SSSR count). The van der Waals surface area contributed by atoms with Crippen LogP contribution in [0.1, 0.15) is 33.4 Å². The molecule has 0 aliphatic rings. The van der Waals surface area contributed by atoms with Gasteiger partial charge in [0, 0.05) is 6.07 Å². The highest BCUT2D eigenvalue weighted by Gasteiger charge is 2.39. The quantitative estimate of drug-likeness (QED) is 0.0709. The number of aryl methyl sites for hydroxylation is 2. The van der Waals surface area contributed by atoms with Crippen LogP contribution in [0.3, 0.4) is 0 Å². The monoisotopic (exact) mass is 1710 g/mol. The van der Waals surface area contributed by atoms with Crippen LogP contribution >= 0.6 is 0 Å². The minimum absolute atomic E-state index is 0.255. The van der Waals surface area contributed by atoms with Crippen molar-refractivity contribution in [1.29, 1.82) is 0 Å². The molecule has 0 aliphatic carbocycles. The van der Waals surface area contributed by atoms with E-state index in [1.54, 1.807) is 78.9 Å². The molecule has 0 fully saturated rings. The zero-order valence-corrected chi connectivity index (χ0v) is 66.5. The molecule has 0 aromatic heterocycles. The summed E-state index contributed by atoms with van der Waals surface area (Å²) in [5, 5.41) is 0. The zero-order valence-electron chi connectivity index (χ0n) is 62.4. The number of alkyl halides is 12. The molecule has 22 heteroatoms. The Hall–Kier alpha value is -11.1. The summed E-state index contributed by atoms with van der Waals surface area (Å²) in [6.07, 6.45) is -17.5. The van der Waals surface area contributed by atoms with E-state index < -0.39 is 90.5 Å². The Balaban J connectivity index is 0.000000145. The van der Waals surface area contributed by atoms with Crippen LogP contribution in [0.5, 0.6) is 0 Å². The predicted octanol–water partition coefficient (Wildman–Crippen LogP) is 29.3. The molecule has 15 aromatic carbocycles. The predicted molar refractivity (Wildman–Crippen MR) is 437 cm³/mol. The fourth-order valence-corrected chi connectivity index (χ4v) is 22.0. The molecule has 0 radical (unpaired) electrons. The molecule has 0 spiro atoms. The maximum atomic E-state index is 13.2. The van der Waals surface area contributed by atoms with E-state index in [-0.39, 0.29) is 40.0 Å². The van der Waals surface area contributed by atoms with Crippen molar-refractivity contribution in [2.24, 2.45) is 0 Å². The molecule has 598 valence electrons. The lowest BCUT2D eigenvalue weighted by atomic mass is 10.2. The van der Waals surface area contributed by atoms with Crippen LogP contribution in [-0.2, 0) is 79.2 Å². The Labute approximate surface area is 687 Å². The summed E-state index contributed by atoms with van der Waals surface area (Å²) >= 11 is 0. The Morgan fingerprint density at radius 1 is 0.153 bits per heavy atom. The average molecular weight is 1710 g/mol. The molecule has 1 atom stereocenters. The Morgan fingerprint density at radius 2 is 0.305 bits per heavy atom. The van der Waals surface area contributed by atoms with Crippen LogP contribution in [0.4, 0.5) is 74.6 Å². The summed E-state index contributed by atoms with van der Waals surface area (Å²) in [5.74, 6) is -1.45. The molecule has 0 amide bonds. The number of rotatable bonds is 15. The van der Waals surface area contributed by atoms with Crippen LogP contribution in [-0.4, -0.2) is 0 Å². The van der Waals surface area contributed by atoms with Crippen LogP contribution < -0.4 is 0 Å². The molecule has 0 saturated carbocycles. The first kappa shape index (κ1) is 87.7. The fourth-order valence-electron chi connectivity index (χ4n) is 11.6. The summed E-state index contributed by atoms with van der Waals surface area (Å²) in [6, 6.07) is 107. The van der Waals surface area contributed by atoms with Gasteiger partial charge in [-0.1, -0.05) is 114 Å². The molecule has 15 aromatic rings. The Bertz CT molecular complexity index is 5330. The molecule has 0 nitrogen and oxygen atoms in total. The van der Waals surface area contributed by atoms with Crippen LogP contribution in [0.15, 0.2) is 462 Å². The van der Waals surface area contributed by atoms with Gasteiger partial charge in [0.05, 0.1) is 76.7 Å². The standard InChI is InChI=1S/C21H15F6S.C20H16F3S.C19H14F3S.C18H12F3S.C18H13F2S/c1-14-2-8-17(9-3-14)28(18-10-4-15(5-11-18)20(22,23)24)19-12-6-16(7-13-19)21(25,26)27;1-15-7-11-18(12-8-15)24(17-5-3-2-4-6-17)19-13-9-16(10-14-19)20(21,22)23;20-19(21,22)15-8-7-13-18(14-15)23(16-9-3-1-4-10-16)17-11-5-2-6-12-17;19-13-1-7-16(8-2-13)22(17-9-3-14(20)4-10-17)18-11-5-15(21)6-12-18;19-14-6-10-17(11-7-14)21(16-4-2-1-3-5-16)18-12-8-15(20)9-13-18/h2-13H,1H3;2-14H,1H3;1-14H;1-12H;1-13H/q5*+1. The van der Waals surface area contributed by atoms with Gasteiger partial charge in [0.15, 0.2) is 73.4 Å². The molecule has 0 saturated heterocycles. The molecule has 1 unspecified atom stereocenters. The van der Waals surface area contributed by atoms with E-state index >= 15 is 0 Å². The molecule has 0 bridgehead atoms. The second-order valence-electron chi connectivity index (χ2n) is 25.8. The first-order chi connectivity index (χ1) is 56.4. The summed E-state index contributed by atoms with van der Waals surface area (Å²) in [4.78, 5) is 13.5. The van der Waals surface area contributed by atoms with E-state index in [9.17, 15) is 74.6 Å². The van der Waals surface area contributed by atoms with Gasteiger partial charge in [0.1, 0.15) is 29.1 Å². The zero-order chi connectivity index (χ0) is 84.2. The van der Waals surface area contributed by atoms with Gasteiger partial charge in [-0.25, -0.2) is 22.0 Å². The van der Waals surface area contributed by atoms with Gasteiger partial charge < -0.3 is 0 Å². The summed E-state index contributed by atoms with van der Waals surface area (Å²) < 4.78 is 221. The van der Waals surface area contributed by atoms with Crippen molar-refractivity contribution < 1.29 is 74.6 Å². The first-order valence-electron chi connectivity index (χ1n) is 36.0. The smallest absolute Gasteiger partial charge is 0.207 e. The number of halogens is 17. The molecular formula is C96H70F17S5+5. The van der Waals surface area contributed by atoms with E-state index in [1.807, 2.05) is 184 Å². The molecular weight excluding hydrogens is 1640 g/mol. The van der Waals surface area contributed by atoms with Crippen molar-refractivity contribution in [1.82, 2.24) is 0 Å². The van der Waals surface area contributed by atoms with Crippen molar-refractivity contribution in [2.45, 2.75) is 112 Å². The molecule has 0 heterocycles. The van der Waals surface area contributed by atoms with Crippen LogP contribution in [0, 0.1) is 42.9 Å². The molecule has 118 heavy (non-hydrogen) atoms.